The third-order valence-electron chi connectivity index (χ3n) is 14.8. The van der Waals surface area contributed by atoms with E-state index in [9.17, 15) is 0 Å². The molecule has 6 saturated carbocycles. The van der Waals surface area contributed by atoms with Crippen molar-refractivity contribution in [2.24, 2.45) is 64.6 Å². The zero-order valence-electron chi connectivity index (χ0n) is 24.3. The number of nitrogens with one attached hydrogen (secondary N) is 1. The summed E-state index contributed by atoms with van der Waals surface area (Å²) >= 11 is 2.46. The smallest absolute Gasteiger partial charge is 0.0256 e. The summed E-state index contributed by atoms with van der Waals surface area (Å²) < 4.78 is 0. The quantitative estimate of drug-likeness (QED) is 0.349. The van der Waals surface area contributed by atoms with Crippen LogP contribution in [0.5, 0.6) is 0 Å². The highest BCUT2D eigenvalue weighted by molar-refractivity contribution is 8.00. The molecule has 0 aromatic rings. The van der Waals surface area contributed by atoms with Gasteiger partial charge in [0, 0.05) is 22.6 Å². The molecule has 2 heteroatoms. The largest absolute Gasteiger partial charge is 0.307 e. The van der Waals surface area contributed by atoms with Gasteiger partial charge in [-0.3, -0.25) is 0 Å². The second kappa shape index (κ2) is 9.79. The molecule has 15 unspecified atom stereocenters. The van der Waals surface area contributed by atoms with E-state index in [1.165, 1.54) is 89.9 Å². The van der Waals surface area contributed by atoms with Gasteiger partial charge in [0.1, 0.15) is 0 Å². The third-order valence-corrected chi connectivity index (χ3v) is 16.7. The zero-order valence-corrected chi connectivity index (χ0v) is 25.1. The Morgan fingerprint density at radius 2 is 1.26 bits per heavy atom. The van der Waals surface area contributed by atoms with Crippen LogP contribution in [0.4, 0.5) is 0 Å². The highest BCUT2D eigenvalue weighted by Gasteiger charge is 2.71. The molecule has 9 aliphatic rings. The first-order valence-corrected chi connectivity index (χ1v) is 18.7. The van der Waals surface area contributed by atoms with E-state index < -0.39 is 0 Å². The molecule has 0 bridgehead atoms. The summed E-state index contributed by atoms with van der Waals surface area (Å²) in [5, 5.41) is 6.34. The topological polar surface area (TPSA) is 12.0 Å². The van der Waals surface area contributed by atoms with E-state index in [0.29, 0.717) is 11.5 Å². The van der Waals surface area contributed by atoms with Crippen LogP contribution in [0.2, 0.25) is 0 Å². The summed E-state index contributed by atoms with van der Waals surface area (Å²) in [5.74, 6) is 9.48. The van der Waals surface area contributed by atoms with Gasteiger partial charge in [0.2, 0.25) is 0 Å². The Morgan fingerprint density at radius 1 is 0.564 bits per heavy atom. The molecule has 1 aliphatic heterocycles. The number of thioether (sulfide) groups is 1. The highest BCUT2D eigenvalue weighted by atomic mass is 32.2. The molecule has 1 N–H and O–H groups in total. The fraction of sp³-hybridized carbons (Fsp3) is 0.838. The first kappa shape index (κ1) is 25.1. The minimum absolute atomic E-state index is 0.587. The molecule has 0 aromatic heterocycles. The van der Waals surface area contributed by atoms with E-state index in [1.54, 1.807) is 12.8 Å². The Morgan fingerprint density at radius 3 is 2.10 bits per heavy atom. The molecule has 0 amide bonds. The van der Waals surface area contributed by atoms with E-state index in [0.717, 1.165) is 75.7 Å². The van der Waals surface area contributed by atoms with E-state index in [2.05, 4.69) is 53.5 Å². The van der Waals surface area contributed by atoms with Crippen molar-refractivity contribution in [2.75, 3.05) is 0 Å². The molecule has 7 fully saturated rings. The molecule has 39 heavy (non-hydrogen) atoms. The Kier molecular flexibility index (Phi) is 6.29. The van der Waals surface area contributed by atoms with Gasteiger partial charge in [-0.25, -0.2) is 0 Å². The van der Waals surface area contributed by atoms with Crippen LogP contribution in [-0.2, 0) is 0 Å². The van der Waals surface area contributed by atoms with Crippen LogP contribution < -0.4 is 5.32 Å². The maximum Gasteiger partial charge on any atom is 0.0256 e. The molecule has 0 radical (unpaired) electrons. The predicted octanol–water partition coefficient (Wildman–Crippen LogP) is 8.96. The van der Waals surface area contributed by atoms with Crippen LogP contribution in [0.1, 0.15) is 103 Å². The van der Waals surface area contributed by atoms with Crippen molar-refractivity contribution in [1.82, 2.24) is 5.32 Å². The molecule has 9 rings (SSSR count). The average Bonchev–Trinajstić information content (AvgIpc) is 3.62. The van der Waals surface area contributed by atoms with Gasteiger partial charge in [-0.1, -0.05) is 81.4 Å². The molecule has 15 atom stereocenters. The first-order valence-electron chi connectivity index (χ1n) is 17.8. The Balaban J connectivity index is 1.04. The lowest BCUT2D eigenvalue weighted by molar-refractivity contribution is -0.0116. The van der Waals surface area contributed by atoms with Gasteiger partial charge in [-0.15, -0.1) is 0 Å². The Hall–Kier alpha value is -0.470. The molecule has 1 nitrogen and oxygen atoms in total. The van der Waals surface area contributed by atoms with Crippen molar-refractivity contribution in [2.45, 2.75) is 125 Å². The number of rotatable bonds is 2. The molecule has 8 aliphatic carbocycles. The van der Waals surface area contributed by atoms with Gasteiger partial charge in [-0.2, -0.15) is 11.8 Å². The molecule has 0 aromatic carbocycles. The van der Waals surface area contributed by atoms with Gasteiger partial charge in [0.25, 0.3) is 0 Å². The lowest BCUT2D eigenvalue weighted by atomic mass is 9.54. The summed E-state index contributed by atoms with van der Waals surface area (Å²) in [4.78, 5) is 0. The van der Waals surface area contributed by atoms with Gasteiger partial charge in [-0.05, 0) is 122 Å². The van der Waals surface area contributed by atoms with Gasteiger partial charge >= 0.3 is 0 Å². The standard InChI is InChI=1S/C37H53NS/c1-5-15-30-24(10-1)25-11-2-6-16-31(25)37(30)32-17-7-3-12-26(32)27-21-20-23(22-33(27)37)38-34-18-9-14-29-28-13-4-8-19-35(28)39-36(29)34/h1,5,10,15,20-21,23-36,38H,2-4,6-9,11-14,16-19,22H2. The molecule has 212 valence electrons. The number of hydrogen-bond acceptors (Lipinski definition) is 2. The first-order chi connectivity index (χ1) is 19.3. The van der Waals surface area contributed by atoms with Crippen molar-refractivity contribution in [3.05, 3.63) is 36.5 Å². The SMILES string of the molecule is C1=CC2C3CCCCC3C3(C2C=C1)C1CC(NC2CCCC4C5CCCCC5SC24)C=CC1C1CCCCC13. The third kappa shape index (κ3) is 3.61. The second-order valence-corrected chi connectivity index (χ2v) is 17.3. The van der Waals surface area contributed by atoms with E-state index in [1.807, 2.05) is 0 Å². The Labute approximate surface area is 242 Å². The minimum atomic E-state index is 0.587. The summed E-state index contributed by atoms with van der Waals surface area (Å²) in [7, 11) is 0. The van der Waals surface area contributed by atoms with Crippen molar-refractivity contribution in [3.8, 4) is 0 Å². The minimum Gasteiger partial charge on any atom is -0.307 e. The maximum absolute atomic E-state index is 4.44. The summed E-state index contributed by atoms with van der Waals surface area (Å²) in [6.07, 6.45) is 40.0. The fourth-order valence-electron chi connectivity index (χ4n) is 13.9. The van der Waals surface area contributed by atoms with Crippen LogP contribution in [0.15, 0.2) is 36.5 Å². The second-order valence-electron chi connectivity index (χ2n) is 15.8. The Bertz CT molecular complexity index is 1020. The lowest BCUT2D eigenvalue weighted by Crippen LogP contribution is -2.51. The molecule has 1 spiro atoms. The van der Waals surface area contributed by atoms with Gasteiger partial charge in [0.05, 0.1) is 0 Å². The van der Waals surface area contributed by atoms with Crippen LogP contribution in [-0.4, -0.2) is 22.6 Å². The zero-order chi connectivity index (χ0) is 25.6. The summed E-state index contributed by atoms with van der Waals surface area (Å²) in [6, 6.07) is 1.39. The van der Waals surface area contributed by atoms with E-state index in [-0.39, 0.29) is 0 Å². The summed E-state index contributed by atoms with van der Waals surface area (Å²) in [6.45, 7) is 0. The van der Waals surface area contributed by atoms with E-state index >= 15 is 0 Å². The average molecular weight is 544 g/mol. The number of allylic oxidation sites excluding steroid dienone is 5. The maximum atomic E-state index is 4.44. The van der Waals surface area contributed by atoms with Gasteiger partial charge < -0.3 is 5.32 Å². The lowest BCUT2D eigenvalue weighted by Gasteiger charge is -2.51. The van der Waals surface area contributed by atoms with Crippen LogP contribution in [0, 0.1) is 64.6 Å². The monoisotopic (exact) mass is 543 g/mol. The van der Waals surface area contributed by atoms with Crippen LogP contribution in [0.3, 0.4) is 0 Å². The number of hydrogen-bond donors (Lipinski definition) is 1. The van der Waals surface area contributed by atoms with Crippen molar-refractivity contribution < 1.29 is 0 Å². The molecular weight excluding hydrogens is 490 g/mol. The molecule has 1 heterocycles. The van der Waals surface area contributed by atoms with Crippen molar-refractivity contribution >= 4 is 11.8 Å². The van der Waals surface area contributed by atoms with Crippen molar-refractivity contribution in [1.29, 1.82) is 0 Å². The molecule has 1 saturated heterocycles. The van der Waals surface area contributed by atoms with Gasteiger partial charge in [0.15, 0.2) is 0 Å². The molecular formula is C37H53NS. The normalized spacial score (nSPS) is 56.9. The summed E-state index contributed by atoms with van der Waals surface area (Å²) in [5.41, 5.74) is 0.587. The van der Waals surface area contributed by atoms with Crippen LogP contribution in [0.25, 0.3) is 0 Å². The van der Waals surface area contributed by atoms with Crippen LogP contribution >= 0.6 is 11.8 Å². The number of fused-ring (bicyclic) bond motifs is 13. The van der Waals surface area contributed by atoms with Crippen molar-refractivity contribution in [3.63, 3.8) is 0 Å². The predicted molar refractivity (Wildman–Crippen MR) is 165 cm³/mol. The van der Waals surface area contributed by atoms with E-state index in [4.69, 9.17) is 0 Å². The highest BCUT2D eigenvalue weighted by Crippen LogP contribution is 2.76. The fourth-order valence-corrected chi connectivity index (χ4v) is 16.1.